The second kappa shape index (κ2) is 10.2. The minimum atomic E-state index is -0.0669. The number of ether oxygens (including phenoxy) is 1. The van der Waals surface area contributed by atoms with Crippen LogP contribution in [0.5, 0.6) is 5.75 Å². The number of rotatable bonds is 6. The highest BCUT2D eigenvalue weighted by Gasteiger charge is 2.29. The fourth-order valence-electron chi connectivity index (χ4n) is 2.91. The second-order valence-corrected chi connectivity index (χ2v) is 5.69. The van der Waals surface area contributed by atoms with Gasteiger partial charge in [-0.2, -0.15) is 0 Å². The van der Waals surface area contributed by atoms with E-state index in [0.29, 0.717) is 37.4 Å². The minimum Gasteiger partial charge on any atom is -0.496 e. The molecule has 0 aromatic heterocycles. The van der Waals surface area contributed by atoms with Gasteiger partial charge in [-0.1, -0.05) is 12.1 Å². The molecule has 3 N–H and O–H groups in total. The minimum absolute atomic E-state index is 0. The van der Waals surface area contributed by atoms with Crippen molar-refractivity contribution in [3.05, 3.63) is 29.8 Å². The predicted molar refractivity (Wildman–Crippen MR) is 95.6 cm³/mol. The number of halogens is 1. The van der Waals surface area contributed by atoms with Crippen LogP contribution in [0.2, 0.25) is 0 Å². The highest BCUT2D eigenvalue weighted by Crippen LogP contribution is 2.24. The van der Waals surface area contributed by atoms with Gasteiger partial charge in [0.15, 0.2) is 0 Å². The number of nitrogens with two attached hydrogens (primary N) is 1. The third kappa shape index (κ3) is 5.11. The maximum absolute atomic E-state index is 12.9. The standard InChI is InChI=1S/C17H25N3O3.ClH/c1-23-15-8-3-2-7-14(15)17(22)20-11-5-4-6-13(20)12-19-16(21)9-10-18;/h2-3,7-8,13H,4-6,9-12,18H2,1H3,(H,19,21);1H. The first kappa shape index (κ1) is 20.3. The number of nitrogens with zero attached hydrogens (tertiary/aromatic N) is 1. The Labute approximate surface area is 149 Å². The van der Waals surface area contributed by atoms with E-state index >= 15 is 0 Å². The van der Waals surface area contributed by atoms with Crippen molar-refractivity contribution in [1.29, 1.82) is 0 Å². The molecule has 1 aromatic rings. The van der Waals surface area contributed by atoms with Gasteiger partial charge in [-0.3, -0.25) is 9.59 Å². The van der Waals surface area contributed by atoms with Crippen molar-refractivity contribution in [3.8, 4) is 5.75 Å². The Morgan fingerprint density at radius 3 is 2.79 bits per heavy atom. The van der Waals surface area contributed by atoms with Gasteiger partial charge in [0.2, 0.25) is 5.91 Å². The molecule has 6 nitrogen and oxygen atoms in total. The Kier molecular flexibility index (Phi) is 8.57. The van der Waals surface area contributed by atoms with Crippen molar-refractivity contribution < 1.29 is 14.3 Å². The second-order valence-electron chi connectivity index (χ2n) is 5.69. The van der Waals surface area contributed by atoms with Crippen molar-refractivity contribution in [2.75, 3.05) is 26.7 Å². The number of hydrogen-bond donors (Lipinski definition) is 2. The summed E-state index contributed by atoms with van der Waals surface area (Å²) >= 11 is 0. The van der Waals surface area contributed by atoms with Crippen LogP contribution in [-0.2, 0) is 4.79 Å². The van der Waals surface area contributed by atoms with E-state index in [-0.39, 0.29) is 30.3 Å². The summed E-state index contributed by atoms with van der Waals surface area (Å²) in [7, 11) is 1.56. The fraction of sp³-hybridized carbons (Fsp3) is 0.529. The molecule has 134 valence electrons. The van der Waals surface area contributed by atoms with E-state index in [9.17, 15) is 9.59 Å². The molecule has 1 heterocycles. The van der Waals surface area contributed by atoms with Crippen LogP contribution in [0.1, 0.15) is 36.0 Å². The maximum atomic E-state index is 12.9. The number of benzene rings is 1. The van der Waals surface area contributed by atoms with Gasteiger partial charge in [-0.15, -0.1) is 12.4 Å². The summed E-state index contributed by atoms with van der Waals surface area (Å²) in [5.74, 6) is 0.469. The molecule has 0 radical (unpaired) electrons. The van der Waals surface area contributed by atoms with Crippen molar-refractivity contribution in [3.63, 3.8) is 0 Å². The molecular formula is C17H26ClN3O3. The number of carbonyl (C=O) groups excluding carboxylic acids is 2. The summed E-state index contributed by atoms with van der Waals surface area (Å²) in [6, 6.07) is 7.26. The summed E-state index contributed by atoms with van der Waals surface area (Å²) in [4.78, 5) is 26.3. The fourth-order valence-corrected chi connectivity index (χ4v) is 2.91. The van der Waals surface area contributed by atoms with E-state index < -0.39 is 0 Å². The van der Waals surface area contributed by atoms with Gasteiger partial charge in [0.05, 0.1) is 12.7 Å². The van der Waals surface area contributed by atoms with Gasteiger partial charge in [-0.25, -0.2) is 0 Å². The van der Waals surface area contributed by atoms with Crippen LogP contribution < -0.4 is 15.8 Å². The van der Waals surface area contributed by atoms with Gasteiger partial charge >= 0.3 is 0 Å². The first-order valence-corrected chi connectivity index (χ1v) is 8.08. The lowest BCUT2D eigenvalue weighted by molar-refractivity contribution is -0.121. The number of carbonyl (C=O) groups is 2. The zero-order valence-electron chi connectivity index (χ0n) is 14.0. The van der Waals surface area contributed by atoms with E-state index in [0.717, 1.165) is 19.3 Å². The highest BCUT2D eigenvalue weighted by molar-refractivity contribution is 5.97. The Morgan fingerprint density at radius 1 is 1.33 bits per heavy atom. The largest absolute Gasteiger partial charge is 0.496 e. The third-order valence-electron chi connectivity index (χ3n) is 4.13. The van der Waals surface area contributed by atoms with E-state index in [4.69, 9.17) is 10.5 Å². The van der Waals surface area contributed by atoms with Crippen LogP contribution in [0.25, 0.3) is 0 Å². The van der Waals surface area contributed by atoms with Crippen LogP contribution in [0, 0.1) is 0 Å². The van der Waals surface area contributed by atoms with Crippen molar-refractivity contribution in [2.24, 2.45) is 5.73 Å². The van der Waals surface area contributed by atoms with E-state index in [1.807, 2.05) is 17.0 Å². The summed E-state index contributed by atoms with van der Waals surface area (Å²) < 4.78 is 5.29. The summed E-state index contributed by atoms with van der Waals surface area (Å²) in [5.41, 5.74) is 5.95. The smallest absolute Gasteiger partial charge is 0.257 e. The van der Waals surface area contributed by atoms with Crippen molar-refractivity contribution in [1.82, 2.24) is 10.2 Å². The molecule has 1 saturated heterocycles. The van der Waals surface area contributed by atoms with Gasteiger partial charge in [0, 0.05) is 32.1 Å². The monoisotopic (exact) mass is 355 g/mol. The molecule has 1 aromatic carbocycles. The zero-order valence-corrected chi connectivity index (χ0v) is 14.8. The van der Waals surface area contributed by atoms with E-state index in [2.05, 4.69) is 5.32 Å². The number of methoxy groups -OCH3 is 1. The summed E-state index contributed by atoms with van der Waals surface area (Å²) in [6.45, 7) is 1.51. The van der Waals surface area contributed by atoms with Gasteiger partial charge < -0.3 is 20.7 Å². The average molecular weight is 356 g/mol. The highest BCUT2D eigenvalue weighted by atomic mass is 35.5. The molecule has 1 unspecified atom stereocenters. The average Bonchev–Trinajstić information content (AvgIpc) is 2.60. The summed E-state index contributed by atoms with van der Waals surface area (Å²) in [5, 5.41) is 2.87. The van der Waals surface area contributed by atoms with Crippen LogP contribution in [-0.4, -0.2) is 49.5 Å². The first-order chi connectivity index (χ1) is 11.2. The quantitative estimate of drug-likeness (QED) is 0.811. The lowest BCUT2D eigenvalue weighted by Gasteiger charge is -2.36. The van der Waals surface area contributed by atoms with Crippen molar-refractivity contribution in [2.45, 2.75) is 31.7 Å². The zero-order chi connectivity index (χ0) is 16.7. The van der Waals surface area contributed by atoms with Crippen LogP contribution in [0.3, 0.4) is 0 Å². The Bertz CT molecular complexity index is 554. The molecule has 1 atom stereocenters. The predicted octanol–water partition coefficient (Wildman–Crippen LogP) is 1.58. The van der Waals surface area contributed by atoms with E-state index in [1.165, 1.54) is 0 Å². The molecule has 1 fully saturated rings. The van der Waals surface area contributed by atoms with Gasteiger partial charge in [0.1, 0.15) is 5.75 Å². The Hall–Kier alpha value is -1.79. The molecule has 2 rings (SSSR count). The lowest BCUT2D eigenvalue weighted by Crippen LogP contribution is -2.49. The normalized spacial score (nSPS) is 16.9. The third-order valence-corrected chi connectivity index (χ3v) is 4.13. The maximum Gasteiger partial charge on any atom is 0.257 e. The number of amides is 2. The number of hydrogen-bond acceptors (Lipinski definition) is 4. The van der Waals surface area contributed by atoms with Crippen LogP contribution in [0.4, 0.5) is 0 Å². The van der Waals surface area contributed by atoms with Crippen molar-refractivity contribution >= 4 is 24.2 Å². The first-order valence-electron chi connectivity index (χ1n) is 8.08. The Balaban J connectivity index is 0.00000288. The van der Waals surface area contributed by atoms with Crippen LogP contribution in [0.15, 0.2) is 24.3 Å². The SMILES string of the molecule is COc1ccccc1C(=O)N1CCCCC1CNC(=O)CCN.Cl. The molecule has 7 heteroatoms. The molecule has 0 spiro atoms. The van der Waals surface area contributed by atoms with E-state index in [1.54, 1.807) is 19.2 Å². The molecule has 1 aliphatic heterocycles. The molecule has 0 saturated carbocycles. The van der Waals surface area contributed by atoms with Gasteiger partial charge in [-0.05, 0) is 31.4 Å². The molecule has 0 aliphatic carbocycles. The molecular weight excluding hydrogens is 330 g/mol. The number of nitrogens with one attached hydrogen (secondary N) is 1. The molecule has 24 heavy (non-hydrogen) atoms. The number of para-hydroxylation sites is 1. The lowest BCUT2D eigenvalue weighted by atomic mass is 10.00. The molecule has 2 amide bonds. The molecule has 1 aliphatic rings. The number of piperidine rings is 1. The van der Waals surface area contributed by atoms with Crippen LogP contribution >= 0.6 is 12.4 Å². The number of likely N-dealkylation sites (tertiary alicyclic amines) is 1. The topological polar surface area (TPSA) is 84.7 Å². The summed E-state index contributed by atoms with van der Waals surface area (Å²) in [6.07, 6.45) is 3.25. The molecule has 0 bridgehead atoms. The van der Waals surface area contributed by atoms with Gasteiger partial charge in [0.25, 0.3) is 5.91 Å². The Morgan fingerprint density at radius 2 is 2.08 bits per heavy atom.